The molecule has 27 heavy (non-hydrogen) atoms. The van der Waals surface area contributed by atoms with E-state index in [0.717, 1.165) is 0 Å². The number of alkyl halides is 3. The van der Waals surface area contributed by atoms with Gasteiger partial charge in [0.05, 0.1) is 12.7 Å². The Morgan fingerprint density at radius 3 is 2.22 bits per heavy atom. The topological polar surface area (TPSA) is 117 Å². The summed E-state index contributed by atoms with van der Waals surface area (Å²) in [5, 5.41) is 32.4. The quantitative estimate of drug-likeness (QED) is 0.359. The van der Waals surface area contributed by atoms with Crippen molar-refractivity contribution in [2.24, 2.45) is 0 Å². The number of ether oxygens (including phenoxy) is 2. The summed E-state index contributed by atoms with van der Waals surface area (Å²) in [6.45, 7) is 8.87. The molecule has 0 aromatic rings. The summed E-state index contributed by atoms with van der Waals surface area (Å²) in [4.78, 5) is 12.0. The highest BCUT2D eigenvalue weighted by Crippen LogP contribution is 2.39. The number of aliphatic hydroxyl groups excluding tert-OH is 3. The third-order valence-corrected chi connectivity index (χ3v) is 9.56. The van der Waals surface area contributed by atoms with E-state index in [1.54, 1.807) is 0 Å². The number of nitrogens with one attached hydrogen (secondary N) is 1. The van der Waals surface area contributed by atoms with Crippen LogP contribution in [-0.4, -0.2) is 77.4 Å². The summed E-state index contributed by atoms with van der Waals surface area (Å²) in [5.41, 5.74) is 0. The standard InChI is InChI=1S/C15H28Cl3NO7Si/c1-14(2,3)27(4,5)26-11-9(12(22)25-8(6-20)10(11)21)19-13(23)24-7-15(16,17)18/h8-12,20-22H,6-7H2,1-5H3,(H,19,23)/t8?,9?,10-,11+,12+/m0/s1. The maximum atomic E-state index is 12.0. The Bertz CT molecular complexity index is 513. The number of halogens is 3. The molecule has 1 amide bonds. The lowest BCUT2D eigenvalue weighted by Gasteiger charge is -2.47. The molecule has 0 saturated carbocycles. The Labute approximate surface area is 175 Å². The summed E-state index contributed by atoms with van der Waals surface area (Å²) in [6, 6.07) is -1.15. The first-order chi connectivity index (χ1) is 12.1. The van der Waals surface area contributed by atoms with Crippen molar-refractivity contribution in [1.82, 2.24) is 5.32 Å². The van der Waals surface area contributed by atoms with E-state index >= 15 is 0 Å². The lowest BCUT2D eigenvalue weighted by Crippen LogP contribution is -2.67. The number of carbonyl (C=O) groups excluding carboxylic acids is 1. The molecule has 0 aromatic carbocycles. The van der Waals surface area contributed by atoms with Gasteiger partial charge in [0.2, 0.25) is 3.79 Å². The van der Waals surface area contributed by atoms with Gasteiger partial charge in [-0.25, -0.2) is 4.79 Å². The summed E-state index contributed by atoms with van der Waals surface area (Å²) in [6.07, 6.45) is -5.91. The van der Waals surface area contributed by atoms with Crippen molar-refractivity contribution in [1.29, 1.82) is 0 Å². The van der Waals surface area contributed by atoms with E-state index in [0.29, 0.717) is 0 Å². The van der Waals surface area contributed by atoms with Crippen molar-refractivity contribution in [2.45, 2.75) is 73.3 Å². The molecule has 12 heteroatoms. The van der Waals surface area contributed by atoms with Crippen LogP contribution in [0.25, 0.3) is 0 Å². The average molecular weight is 469 g/mol. The van der Waals surface area contributed by atoms with Crippen LogP contribution in [0.3, 0.4) is 0 Å². The number of hydrogen-bond acceptors (Lipinski definition) is 7. The maximum absolute atomic E-state index is 12.0. The van der Waals surface area contributed by atoms with Crippen molar-refractivity contribution in [3.8, 4) is 0 Å². The van der Waals surface area contributed by atoms with Crippen LogP contribution in [-0.2, 0) is 13.9 Å². The Morgan fingerprint density at radius 1 is 1.22 bits per heavy atom. The fraction of sp³-hybridized carbons (Fsp3) is 0.933. The normalized spacial score (nSPS) is 30.1. The number of aliphatic hydroxyl groups is 3. The fourth-order valence-corrected chi connectivity index (χ4v) is 3.70. The monoisotopic (exact) mass is 467 g/mol. The Kier molecular flexibility index (Phi) is 8.69. The molecule has 1 rings (SSSR count). The molecule has 160 valence electrons. The second-order valence-corrected chi connectivity index (χ2v) is 15.2. The van der Waals surface area contributed by atoms with Crippen LogP contribution in [0.2, 0.25) is 18.1 Å². The molecule has 2 unspecified atom stereocenters. The first kappa shape index (κ1) is 25.2. The lowest BCUT2D eigenvalue weighted by molar-refractivity contribution is -0.250. The highest BCUT2D eigenvalue weighted by molar-refractivity contribution is 6.74. The van der Waals surface area contributed by atoms with E-state index in [9.17, 15) is 20.1 Å². The van der Waals surface area contributed by atoms with Gasteiger partial charge in [-0.2, -0.15) is 0 Å². The molecule has 0 aromatic heterocycles. The highest BCUT2D eigenvalue weighted by atomic mass is 35.6. The Morgan fingerprint density at radius 2 is 1.78 bits per heavy atom. The van der Waals surface area contributed by atoms with Gasteiger partial charge in [0.1, 0.15) is 24.9 Å². The number of alkyl carbamates (subject to hydrolysis) is 1. The van der Waals surface area contributed by atoms with Crippen molar-refractivity contribution in [2.75, 3.05) is 13.2 Å². The average Bonchev–Trinajstić information content (AvgIpc) is 2.50. The first-order valence-corrected chi connectivity index (χ1v) is 12.4. The molecule has 5 atom stereocenters. The minimum Gasteiger partial charge on any atom is -0.445 e. The smallest absolute Gasteiger partial charge is 0.407 e. The molecule has 1 heterocycles. The SMILES string of the molecule is CC(C)(C)[Si](C)(C)O[C@@H]1C(NC(=O)OCC(Cl)(Cl)Cl)[C@H](O)OC(CO)[C@@H]1O. The predicted octanol–water partition coefficient (Wildman–Crippen LogP) is 1.91. The van der Waals surface area contributed by atoms with E-state index in [1.165, 1.54) is 0 Å². The first-order valence-electron chi connectivity index (χ1n) is 8.39. The van der Waals surface area contributed by atoms with Crippen LogP contribution >= 0.6 is 34.8 Å². The second kappa shape index (κ2) is 9.31. The van der Waals surface area contributed by atoms with Crippen LogP contribution in [0.5, 0.6) is 0 Å². The number of carbonyl (C=O) groups is 1. The molecule has 1 aliphatic heterocycles. The summed E-state index contributed by atoms with van der Waals surface area (Å²) in [5.74, 6) is 0. The molecule has 4 N–H and O–H groups in total. The molecule has 0 aliphatic carbocycles. The van der Waals surface area contributed by atoms with Gasteiger partial charge in [-0.3, -0.25) is 0 Å². The summed E-state index contributed by atoms with van der Waals surface area (Å²) in [7, 11) is -2.41. The van der Waals surface area contributed by atoms with Crippen LogP contribution in [0, 0.1) is 0 Å². The van der Waals surface area contributed by atoms with E-state index in [1.807, 2.05) is 33.9 Å². The minimum atomic E-state index is -2.41. The largest absolute Gasteiger partial charge is 0.445 e. The van der Waals surface area contributed by atoms with Gasteiger partial charge >= 0.3 is 6.09 Å². The maximum Gasteiger partial charge on any atom is 0.407 e. The second-order valence-electron chi connectivity index (χ2n) is 7.94. The number of amides is 1. The van der Waals surface area contributed by atoms with Crippen molar-refractivity contribution < 1.29 is 34.0 Å². The molecule has 0 bridgehead atoms. The molecule has 8 nitrogen and oxygen atoms in total. The number of hydrogen-bond donors (Lipinski definition) is 4. The van der Waals surface area contributed by atoms with E-state index in [4.69, 9.17) is 48.7 Å². The van der Waals surface area contributed by atoms with Gasteiger partial charge in [-0.15, -0.1) is 0 Å². The Balaban J connectivity index is 3.00. The third kappa shape index (κ3) is 7.16. The summed E-state index contributed by atoms with van der Waals surface area (Å²) < 4.78 is 14.4. The predicted molar refractivity (Wildman–Crippen MR) is 105 cm³/mol. The van der Waals surface area contributed by atoms with Gasteiger partial charge in [0, 0.05) is 0 Å². The van der Waals surface area contributed by atoms with Gasteiger partial charge in [0.25, 0.3) is 0 Å². The third-order valence-electron chi connectivity index (χ3n) is 4.76. The lowest BCUT2D eigenvalue weighted by atomic mass is 9.97. The molecule has 0 radical (unpaired) electrons. The van der Waals surface area contributed by atoms with Crippen molar-refractivity contribution in [3.05, 3.63) is 0 Å². The Hall–Kier alpha value is 0.157. The van der Waals surface area contributed by atoms with E-state index in [-0.39, 0.29) is 5.04 Å². The molecular weight excluding hydrogens is 441 g/mol. The van der Waals surface area contributed by atoms with E-state index in [2.05, 4.69) is 5.32 Å². The van der Waals surface area contributed by atoms with Gasteiger partial charge in [-0.05, 0) is 18.1 Å². The minimum absolute atomic E-state index is 0.203. The van der Waals surface area contributed by atoms with Crippen LogP contribution in [0.4, 0.5) is 4.79 Å². The molecule has 0 spiro atoms. The van der Waals surface area contributed by atoms with Crippen molar-refractivity contribution in [3.63, 3.8) is 0 Å². The van der Waals surface area contributed by atoms with Gasteiger partial charge < -0.3 is 34.5 Å². The zero-order valence-electron chi connectivity index (χ0n) is 15.9. The van der Waals surface area contributed by atoms with Crippen LogP contribution < -0.4 is 5.32 Å². The number of rotatable bonds is 5. The van der Waals surface area contributed by atoms with Gasteiger partial charge in [-0.1, -0.05) is 55.6 Å². The molecule has 1 aliphatic rings. The molecular formula is C15H28Cl3NO7Si. The van der Waals surface area contributed by atoms with E-state index < -0.39 is 62.1 Å². The zero-order valence-corrected chi connectivity index (χ0v) is 19.2. The van der Waals surface area contributed by atoms with Crippen LogP contribution in [0.1, 0.15) is 20.8 Å². The van der Waals surface area contributed by atoms with Crippen LogP contribution in [0.15, 0.2) is 0 Å². The molecule has 1 saturated heterocycles. The fourth-order valence-electron chi connectivity index (χ4n) is 2.22. The van der Waals surface area contributed by atoms with Gasteiger partial charge in [0.15, 0.2) is 14.6 Å². The summed E-state index contributed by atoms with van der Waals surface area (Å²) >= 11 is 16.6. The highest BCUT2D eigenvalue weighted by Gasteiger charge is 2.50. The van der Waals surface area contributed by atoms with Crippen molar-refractivity contribution >= 4 is 49.2 Å². The zero-order chi connectivity index (χ0) is 21.2. The molecule has 1 fully saturated rings.